The van der Waals surface area contributed by atoms with Crippen LogP contribution in [0, 0.1) is 6.92 Å². The third-order valence-corrected chi connectivity index (χ3v) is 4.55. The van der Waals surface area contributed by atoms with Gasteiger partial charge in [-0.15, -0.1) is 0 Å². The van der Waals surface area contributed by atoms with Crippen LogP contribution >= 0.6 is 0 Å². The minimum Gasteiger partial charge on any atom is -0.507 e. The highest BCUT2D eigenvalue weighted by Crippen LogP contribution is 2.30. The standard InChI is InChI=1S/C21H19N3O2/c1-3-16-20(24-11-10-13(2)12-19(24)22-16)21(26)23-17-8-4-7-15-14(17)6-5-9-18(15)25/h4-12,25H,3H2,1-2H3,(H,23,26). The molecule has 2 aromatic carbocycles. The molecule has 2 N–H and O–H groups in total. The number of hydrogen-bond donors (Lipinski definition) is 2. The van der Waals surface area contributed by atoms with Crippen molar-refractivity contribution >= 4 is 28.0 Å². The van der Waals surface area contributed by atoms with Crippen molar-refractivity contribution in [2.75, 3.05) is 5.32 Å². The van der Waals surface area contributed by atoms with Gasteiger partial charge in [-0.05, 0) is 43.2 Å². The Balaban J connectivity index is 1.80. The van der Waals surface area contributed by atoms with Gasteiger partial charge < -0.3 is 10.4 Å². The van der Waals surface area contributed by atoms with Crippen LogP contribution < -0.4 is 5.32 Å². The topological polar surface area (TPSA) is 66.6 Å². The molecule has 0 saturated heterocycles. The summed E-state index contributed by atoms with van der Waals surface area (Å²) in [5.41, 5.74) is 3.83. The number of phenolic OH excluding ortho intramolecular Hbond substituents is 1. The third kappa shape index (κ3) is 2.58. The van der Waals surface area contributed by atoms with Crippen LogP contribution in [0.1, 0.15) is 28.7 Å². The molecule has 0 bridgehead atoms. The zero-order chi connectivity index (χ0) is 18.3. The van der Waals surface area contributed by atoms with Crippen molar-refractivity contribution in [2.24, 2.45) is 0 Å². The van der Waals surface area contributed by atoms with Crippen LogP contribution in [0.25, 0.3) is 16.4 Å². The van der Waals surface area contributed by atoms with Gasteiger partial charge in [0.2, 0.25) is 0 Å². The molecule has 2 heterocycles. The number of pyridine rings is 1. The number of phenols is 1. The highest BCUT2D eigenvalue weighted by atomic mass is 16.3. The summed E-state index contributed by atoms with van der Waals surface area (Å²) >= 11 is 0. The molecule has 0 unspecified atom stereocenters. The number of fused-ring (bicyclic) bond motifs is 2. The van der Waals surface area contributed by atoms with Gasteiger partial charge in [-0.2, -0.15) is 0 Å². The van der Waals surface area contributed by atoms with Crippen molar-refractivity contribution in [3.8, 4) is 5.75 Å². The zero-order valence-electron chi connectivity index (χ0n) is 14.7. The molecule has 4 rings (SSSR count). The molecular weight excluding hydrogens is 326 g/mol. The van der Waals surface area contributed by atoms with Gasteiger partial charge in [-0.3, -0.25) is 9.20 Å². The number of nitrogens with one attached hydrogen (secondary N) is 1. The van der Waals surface area contributed by atoms with E-state index in [4.69, 9.17) is 0 Å². The molecule has 5 nitrogen and oxygen atoms in total. The monoisotopic (exact) mass is 345 g/mol. The number of hydrogen-bond acceptors (Lipinski definition) is 3. The Labute approximate surface area is 150 Å². The van der Waals surface area contributed by atoms with E-state index < -0.39 is 0 Å². The number of anilines is 1. The van der Waals surface area contributed by atoms with Gasteiger partial charge in [0.15, 0.2) is 0 Å². The first-order chi connectivity index (χ1) is 12.6. The van der Waals surface area contributed by atoms with Crippen molar-refractivity contribution < 1.29 is 9.90 Å². The molecule has 5 heteroatoms. The minimum atomic E-state index is -0.214. The van der Waals surface area contributed by atoms with Crippen LogP contribution in [0.4, 0.5) is 5.69 Å². The average Bonchev–Trinajstić information content (AvgIpc) is 3.00. The number of aromatic nitrogens is 2. The van der Waals surface area contributed by atoms with Gasteiger partial charge in [0.25, 0.3) is 5.91 Å². The lowest BCUT2D eigenvalue weighted by atomic mass is 10.1. The first kappa shape index (κ1) is 16.1. The minimum absolute atomic E-state index is 0.193. The summed E-state index contributed by atoms with van der Waals surface area (Å²) in [6.07, 6.45) is 2.54. The smallest absolute Gasteiger partial charge is 0.274 e. The van der Waals surface area contributed by atoms with Crippen LogP contribution in [0.3, 0.4) is 0 Å². The normalized spacial score (nSPS) is 11.2. The van der Waals surface area contributed by atoms with Crippen LogP contribution in [0.2, 0.25) is 0 Å². The zero-order valence-corrected chi connectivity index (χ0v) is 14.7. The highest BCUT2D eigenvalue weighted by Gasteiger charge is 2.19. The van der Waals surface area contributed by atoms with Crippen molar-refractivity contribution in [3.63, 3.8) is 0 Å². The van der Waals surface area contributed by atoms with Crippen LogP contribution in [-0.4, -0.2) is 20.4 Å². The lowest BCUT2D eigenvalue weighted by molar-refractivity contribution is 0.102. The van der Waals surface area contributed by atoms with E-state index in [0.29, 0.717) is 23.2 Å². The molecule has 0 aliphatic carbocycles. The highest BCUT2D eigenvalue weighted by molar-refractivity contribution is 6.10. The Morgan fingerprint density at radius 3 is 2.73 bits per heavy atom. The largest absolute Gasteiger partial charge is 0.507 e. The fourth-order valence-corrected chi connectivity index (χ4v) is 3.27. The molecule has 0 spiro atoms. The SMILES string of the molecule is CCc1nc2cc(C)ccn2c1C(=O)Nc1cccc2c(O)cccc12. The molecule has 1 amide bonds. The number of nitrogens with zero attached hydrogens (tertiary/aromatic N) is 2. The molecule has 0 aliphatic rings. The lowest BCUT2D eigenvalue weighted by Crippen LogP contribution is -2.16. The van der Waals surface area contributed by atoms with E-state index in [9.17, 15) is 9.90 Å². The van der Waals surface area contributed by atoms with E-state index in [1.165, 1.54) is 0 Å². The molecule has 130 valence electrons. The number of imidazole rings is 1. The molecular formula is C21H19N3O2. The maximum atomic E-state index is 13.0. The van der Waals surface area contributed by atoms with Crippen molar-refractivity contribution in [1.82, 2.24) is 9.38 Å². The van der Waals surface area contributed by atoms with Crippen LogP contribution in [0.5, 0.6) is 5.75 Å². The number of amides is 1. The van der Waals surface area contributed by atoms with E-state index in [1.54, 1.807) is 12.1 Å². The number of benzene rings is 2. The summed E-state index contributed by atoms with van der Waals surface area (Å²) in [5.74, 6) is -0.0211. The molecule has 2 aromatic heterocycles. The first-order valence-corrected chi connectivity index (χ1v) is 8.58. The third-order valence-electron chi connectivity index (χ3n) is 4.55. The summed E-state index contributed by atoms with van der Waals surface area (Å²) in [7, 11) is 0. The lowest BCUT2D eigenvalue weighted by Gasteiger charge is -2.10. The van der Waals surface area contributed by atoms with Crippen molar-refractivity contribution in [1.29, 1.82) is 0 Å². The van der Waals surface area contributed by atoms with E-state index in [2.05, 4.69) is 10.3 Å². The number of rotatable bonds is 3. The molecule has 4 aromatic rings. The molecule has 0 atom stereocenters. The average molecular weight is 345 g/mol. The van der Waals surface area contributed by atoms with E-state index in [0.717, 1.165) is 22.3 Å². The molecule has 0 saturated carbocycles. The Morgan fingerprint density at radius 2 is 1.92 bits per heavy atom. The van der Waals surface area contributed by atoms with Crippen molar-refractivity contribution in [3.05, 3.63) is 71.7 Å². The van der Waals surface area contributed by atoms with Crippen molar-refractivity contribution in [2.45, 2.75) is 20.3 Å². The van der Waals surface area contributed by atoms with Crippen LogP contribution in [-0.2, 0) is 6.42 Å². The predicted octanol–water partition coefficient (Wildman–Crippen LogP) is 4.32. The maximum absolute atomic E-state index is 13.0. The molecule has 0 aliphatic heterocycles. The van der Waals surface area contributed by atoms with Gasteiger partial charge in [-0.1, -0.05) is 31.2 Å². The second kappa shape index (κ2) is 6.19. The van der Waals surface area contributed by atoms with E-state index in [1.807, 2.05) is 60.8 Å². The van der Waals surface area contributed by atoms with Gasteiger partial charge in [-0.25, -0.2) is 4.98 Å². The summed E-state index contributed by atoms with van der Waals surface area (Å²) in [4.78, 5) is 17.6. The second-order valence-corrected chi connectivity index (χ2v) is 6.32. The number of aryl methyl sites for hydroxylation is 2. The quantitative estimate of drug-likeness (QED) is 0.581. The summed E-state index contributed by atoms with van der Waals surface area (Å²) in [6, 6.07) is 14.7. The van der Waals surface area contributed by atoms with Gasteiger partial charge in [0.1, 0.15) is 17.1 Å². The molecule has 26 heavy (non-hydrogen) atoms. The Morgan fingerprint density at radius 1 is 1.15 bits per heavy atom. The number of aromatic hydroxyl groups is 1. The molecule has 0 radical (unpaired) electrons. The number of carbonyl (C=O) groups excluding carboxylic acids is 1. The van der Waals surface area contributed by atoms with E-state index in [-0.39, 0.29) is 11.7 Å². The fourth-order valence-electron chi connectivity index (χ4n) is 3.27. The first-order valence-electron chi connectivity index (χ1n) is 8.58. The Bertz CT molecular complexity index is 1140. The summed E-state index contributed by atoms with van der Waals surface area (Å²) in [5, 5.41) is 14.5. The molecule has 0 fully saturated rings. The van der Waals surface area contributed by atoms with Gasteiger partial charge >= 0.3 is 0 Å². The Kier molecular flexibility index (Phi) is 3.84. The second-order valence-electron chi connectivity index (χ2n) is 6.32. The fraction of sp³-hybridized carbons (Fsp3) is 0.143. The summed E-state index contributed by atoms with van der Waals surface area (Å²) < 4.78 is 1.82. The van der Waals surface area contributed by atoms with E-state index >= 15 is 0 Å². The van der Waals surface area contributed by atoms with Crippen LogP contribution in [0.15, 0.2) is 54.7 Å². The maximum Gasteiger partial charge on any atom is 0.274 e. The summed E-state index contributed by atoms with van der Waals surface area (Å²) in [6.45, 7) is 3.99. The predicted molar refractivity (Wildman–Crippen MR) is 103 cm³/mol. The number of carbonyl (C=O) groups is 1. The van der Waals surface area contributed by atoms with Gasteiger partial charge in [0.05, 0.1) is 5.69 Å². The van der Waals surface area contributed by atoms with Gasteiger partial charge in [0, 0.05) is 22.7 Å². The Hall–Kier alpha value is -3.34.